The molecular weight excluding hydrogens is 358 g/mol. The van der Waals surface area contributed by atoms with Crippen LogP contribution in [-0.2, 0) is 23.8 Å². The van der Waals surface area contributed by atoms with Crippen molar-refractivity contribution < 1.29 is 23.8 Å². The van der Waals surface area contributed by atoms with Crippen molar-refractivity contribution in [3.63, 3.8) is 0 Å². The lowest BCUT2D eigenvalue weighted by Crippen LogP contribution is -2.55. The molecule has 0 amide bonds. The summed E-state index contributed by atoms with van der Waals surface area (Å²) in [4.78, 5) is 30.6. The Morgan fingerprint density at radius 2 is 1.54 bits per heavy atom. The Morgan fingerprint density at radius 1 is 0.964 bits per heavy atom. The van der Waals surface area contributed by atoms with Gasteiger partial charge in [0.1, 0.15) is 5.71 Å². The standard InChI is InChI=1S/C22H23NO5/c1-4-26-20(24)22(21(25)27-5-2)18(16-9-7-6-8-10-16)23-19(28-22)17-13-11-15(3)12-14-17/h6-14,19H,4-5H2,1-3H3. The molecule has 2 aromatic carbocycles. The first-order chi connectivity index (χ1) is 13.5. The molecule has 3 rings (SSSR count). The van der Waals surface area contributed by atoms with Gasteiger partial charge in [-0.25, -0.2) is 14.6 Å². The van der Waals surface area contributed by atoms with E-state index < -0.39 is 23.8 Å². The molecule has 0 aliphatic carbocycles. The summed E-state index contributed by atoms with van der Waals surface area (Å²) >= 11 is 0. The number of carbonyl (C=O) groups excluding carboxylic acids is 2. The van der Waals surface area contributed by atoms with E-state index in [-0.39, 0.29) is 18.9 Å². The molecule has 0 saturated carbocycles. The van der Waals surface area contributed by atoms with Crippen LogP contribution in [0, 0.1) is 6.92 Å². The third-order valence-electron chi connectivity index (χ3n) is 4.40. The average molecular weight is 381 g/mol. The normalized spacial score (nSPS) is 17.7. The second-order valence-electron chi connectivity index (χ2n) is 6.35. The van der Waals surface area contributed by atoms with Crippen molar-refractivity contribution in [3.8, 4) is 0 Å². The highest BCUT2D eigenvalue weighted by Gasteiger charge is 2.60. The van der Waals surface area contributed by atoms with Gasteiger partial charge in [0, 0.05) is 5.56 Å². The number of aliphatic imine (C=N–C) groups is 1. The third kappa shape index (κ3) is 3.55. The van der Waals surface area contributed by atoms with Gasteiger partial charge in [-0.3, -0.25) is 0 Å². The van der Waals surface area contributed by atoms with E-state index >= 15 is 0 Å². The number of hydrogen-bond donors (Lipinski definition) is 0. The molecule has 2 aromatic rings. The monoisotopic (exact) mass is 381 g/mol. The summed E-state index contributed by atoms with van der Waals surface area (Å²) in [6.07, 6.45) is -0.829. The molecule has 0 saturated heterocycles. The van der Waals surface area contributed by atoms with Gasteiger partial charge in [0.25, 0.3) is 0 Å². The van der Waals surface area contributed by atoms with Crippen molar-refractivity contribution >= 4 is 17.7 Å². The summed E-state index contributed by atoms with van der Waals surface area (Å²) in [6.45, 7) is 5.51. The second-order valence-corrected chi connectivity index (χ2v) is 6.35. The summed E-state index contributed by atoms with van der Waals surface area (Å²) in [6, 6.07) is 16.6. The zero-order valence-corrected chi connectivity index (χ0v) is 16.2. The van der Waals surface area contributed by atoms with Crippen LogP contribution < -0.4 is 0 Å². The molecule has 1 aliphatic heterocycles. The number of hydrogen-bond acceptors (Lipinski definition) is 6. The summed E-state index contributed by atoms with van der Waals surface area (Å²) < 4.78 is 16.4. The number of nitrogens with zero attached hydrogens (tertiary/aromatic N) is 1. The van der Waals surface area contributed by atoms with Crippen LogP contribution in [-0.4, -0.2) is 36.5 Å². The third-order valence-corrected chi connectivity index (χ3v) is 4.40. The van der Waals surface area contributed by atoms with Crippen molar-refractivity contribution in [1.82, 2.24) is 0 Å². The van der Waals surface area contributed by atoms with E-state index in [1.54, 1.807) is 38.1 Å². The van der Waals surface area contributed by atoms with Crippen LogP contribution >= 0.6 is 0 Å². The lowest BCUT2D eigenvalue weighted by molar-refractivity contribution is -0.183. The minimum atomic E-state index is -2.07. The van der Waals surface area contributed by atoms with Crippen LogP contribution in [0.5, 0.6) is 0 Å². The first-order valence-electron chi connectivity index (χ1n) is 9.25. The van der Waals surface area contributed by atoms with Gasteiger partial charge in [0.2, 0.25) is 0 Å². The van der Waals surface area contributed by atoms with E-state index in [4.69, 9.17) is 14.2 Å². The molecule has 1 heterocycles. The topological polar surface area (TPSA) is 74.2 Å². The average Bonchev–Trinajstić information content (AvgIpc) is 3.11. The van der Waals surface area contributed by atoms with Crippen molar-refractivity contribution in [3.05, 3.63) is 71.3 Å². The van der Waals surface area contributed by atoms with E-state index in [0.29, 0.717) is 5.56 Å². The smallest absolute Gasteiger partial charge is 0.356 e. The first kappa shape index (κ1) is 19.8. The number of ether oxygens (including phenoxy) is 3. The minimum absolute atomic E-state index is 0.0978. The molecule has 0 spiro atoms. The van der Waals surface area contributed by atoms with Gasteiger partial charge in [-0.15, -0.1) is 0 Å². The van der Waals surface area contributed by atoms with Crippen LogP contribution in [0.4, 0.5) is 0 Å². The van der Waals surface area contributed by atoms with Gasteiger partial charge in [-0.1, -0.05) is 60.2 Å². The Kier molecular flexibility index (Phi) is 5.90. The fourth-order valence-corrected chi connectivity index (χ4v) is 3.04. The van der Waals surface area contributed by atoms with Crippen LogP contribution in [0.3, 0.4) is 0 Å². The first-order valence-corrected chi connectivity index (χ1v) is 9.25. The Labute approximate surface area is 164 Å². The highest BCUT2D eigenvalue weighted by molar-refractivity contribution is 6.31. The zero-order chi connectivity index (χ0) is 20.1. The van der Waals surface area contributed by atoms with Crippen LogP contribution in [0.25, 0.3) is 0 Å². The zero-order valence-electron chi connectivity index (χ0n) is 16.2. The quantitative estimate of drug-likeness (QED) is 0.566. The molecule has 0 fully saturated rings. The summed E-state index contributed by atoms with van der Waals surface area (Å²) in [5.41, 5.74) is 0.530. The summed E-state index contributed by atoms with van der Waals surface area (Å²) in [7, 11) is 0. The maximum Gasteiger partial charge on any atom is 0.356 e. The predicted octanol–water partition coefficient (Wildman–Crippen LogP) is 3.38. The van der Waals surface area contributed by atoms with E-state index in [2.05, 4.69) is 4.99 Å². The SMILES string of the molecule is CCOC(=O)C1(C(=O)OCC)OC(c2ccc(C)cc2)N=C1c1ccccc1. The van der Waals surface area contributed by atoms with Crippen LogP contribution in [0.1, 0.15) is 36.8 Å². The highest BCUT2D eigenvalue weighted by atomic mass is 16.6. The predicted molar refractivity (Wildman–Crippen MR) is 104 cm³/mol. The van der Waals surface area contributed by atoms with Gasteiger partial charge in [0.05, 0.1) is 13.2 Å². The maximum absolute atomic E-state index is 13.0. The van der Waals surface area contributed by atoms with Crippen molar-refractivity contribution in [2.45, 2.75) is 32.6 Å². The van der Waals surface area contributed by atoms with Gasteiger partial charge in [-0.05, 0) is 26.3 Å². The van der Waals surface area contributed by atoms with Crippen LogP contribution in [0.15, 0.2) is 59.6 Å². The Hall–Kier alpha value is -2.99. The van der Waals surface area contributed by atoms with Crippen molar-refractivity contribution in [1.29, 1.82) is 0 Å². The molecule has 1 atom stereocenters. The molecule has 1 aliphatic rings. The Morgan fingerprint density at radius 3 is 2.07 bits per heavy atom. The van der Waals surface area contributed by atoms with Crippen LogP contribution in [0.2, 0.25) is 0 Å². The minimum Gasteiger partial charge on any atom is -0.463 e. The summed E-state index contributed by atoms with van der Waals surface area (Å²) in [5.74, 6) is -1.66. The molecule has 1 unspecified atom stereocenters. The van der Waals surface area contributed by atoms with Crippen molar-refractivity contribution in [2.24, 2.45) is 4.99 Å². The molecule has 0 bridgehead atoms. The fraction of sp³-hybridized carbons (Fsp3) is 0.318. The number of esters is 2. The maximum atomic E-state index is 13.0. The van der Waals surface area contributed by atoms with E-state index in [9.17, 15) is 9.59 Å². The molecule has 0 radical (unpaired) electrons. The lowest BCUT2D eigenvalue weighted by Gasteiger charge is -2.26. The number of aryl methyl sites for hydroxylation is 1. The molecule has 0 N–H and O–H groups in total. The lowest BCUT2D eigenvalue weighted by atomic mass is 9.92. The second kappa shape index (κ2) is 8.35. The fourth-order valence-electron chi connectivity index (χ4n) is 3.04. The van der Waals surface area contributed by atoms with Gasteiger partial charge in [-0.2, -0.15) is 0 Å². The number of rotatable bonds is 6. The molecule has 28 heavy (non-hydrogen) atoms. The largest absolute Gasteiger partial charge is 0.463 e. The number of carbonyl (C=O) groups is 2. The molecule has 6 heteroatoms. The van der Waals surface area contributed by atoms with Gasteiger partial charge < -0.3 is 14.2 Å². The Balaban J connectivity index is 2.15. The van der Waals surface area contributed by atoms with E-state index in [1.165, 1.54) is 0 Å². The Bertz CT molecular complexity index is 856. The van der Waals surface area contributed by atoms with Gasteiger partial charge in [0.15, 0.2) is 6.23 Å². The number of benzene rings is 2. The van der Waals surface area contributed by atoms with E-state index in [0.717, 1.165) is 11.1 Å². The molecule has 0 aromatic heterocycles. The van der Waals surface area contributed by atoms with E-state index in [1.807, 2.05) is 37.3 Å². The van der Waals surface area contributed by atoms with Gasteiger partial charge >= 0.3 is 17.5 Å². The highest BCUT2D eigenvalue weighted by Crippen LogP contribution is 2.38. The molecular formula is C22H23NO5. The molecule has 146 valence electrons. The molecule has 6 nitrogen and oxygen atoms in total. The summed E-state index contributed by atoms with van der Waals surface area (Å²) in [5, 5.41) is 0. The van der Waals surface area contributed by atoms with Crippen molar-refractivity contribution in [2.75, 3.05) is 13.2 Å².